The van der Waals surface area contributed by atoms with Crippen molar-refractivity contribution in [3.05, 3.63) is 188 Å². The van der Waals surface area contributed by atoms with Gasteiger partial charge in [0.05, 0.1) is 13.1 Å². The third kappa shape index (κ3) is 5.05. The number of nitrogens with zero attached hydrogens (tertiary/aromatic N) is 1. The summed E-state index contributed by atoms with van der Waals surface area (Å²) in [6.07, 6.45) is 0. The Morgan fingerprint density at radius 2 is 0.922 bits per heavy atom. The van der Waals surface area contributed by atoms with E-state index in [0.29, 0.717) is 17.8 Å². The average molecular weight is 688 g/mol. The van der Waals surface area contributed by atoms with Crippen LogP contribution in [0, 0.1) is 0 Å². The van der Waals surface area contributed by atoms with E-state index in [1.165, 1.54) is 42.1 Å². The largest absolute Gasteiger partial charge is 0.309 e. The lowest BCUT2D eigenvalue weighted by molar-refractivity contribution is 1.30. The number of hydrogen-bond acceptors (Lipinski definition) is 3. The van der Waals surface area contributed by atoms with Crippen molar-refractivity contribution in [2.45, 2.75) is 0 Å². The fourth-order valence-electron chi connectivity index (χ4n) is 7.35. The van der Waals surface area contributed by atoms with Gasteiger partial charge >= 0.3 is 0 Å². The summed E-state index contributed by atoms with van der Waals surface area (Å²) >= 11 is 3.55. The number of anilines is 3. The van der Waals surface area contributed by atoms with Crippen molar-refractivity contribution in [3.8, 4) is 33.4 Å². The Labute approximate surface area is 307 Å². The topological polar surface area (TPSA) is 3.24 Å². The second-order valence-electron chi connectivity index (χ2n) is 12.7. The SMILES string of the molecule is [2H]c1cc(-c2cccc3c2sc2c(-c4ccccc4)cccc23)c(-c2ccccc2)c([2H])c1N(c1ccccc1)c1cccc2c1sc1ccccc12. The van der Waals surface area contributed by atoms with Gasteiger partial charge in [-0.3, -0.25) is 0 Å². The molecular formula is C48H31NS2. The molecule has 0 radical (unpaired) electrons. The van der Waals surface area contributed by atoms with Gasteiger partial charge in [-0.1, -0.05) is 152 Å². The molecule has 0 saturated carbocycles. The Morgan fingerprint density at radius 1 is 0.373 bits per heavy atom. The Bertz CT molecular complexity index is 2970. The number of fused-ring (bicyclic) bond motifs is 6. The first-order valence-corrected chi connectivity index (χ1v) is 18.7. The van der Waals surface area contributed by atoms with Crippen LogP contribution in [-0.2, 0) is 0 Å². The molecule has 0 atom stereocenters. The number of rotatable bonds is 6. The van der Waals surface area contributed by atoms with Gasteiger partial charge in [0.2, 0.25) is 0 Å². The normalized spacial score (nSPS) is 12.1. The zero-order chi connectivity index (χ0) is 35.5. The monoisotopic (exact) mass is 687 g/mol. The van der Waals surface area contributed by atoms with Crippen LogP contribution in [0.4, 0.5) is 17.1 Å². The number of benzene rings is 8. The highest BCUT2D eigenvalue weighted by atomic mass is 32.1. The Hall–Kier alpha value is -6.00. The molecule has 240 valence electrons. The molecule has 0 N–H and O–H groups in total. The van der Waals surface area contributed by atoms with Gasteiger partial charge in [-0.05, 0) is 64.2 Å². The van der Waals surface area contributed by atoms with E-state index in [4.69, 9.17) is 0 Å². The maximum atomic E-state index is 10.2. The van der Waals surface area contributed by atoms with Gasteiger partial charge in [-0.2, -0.15) is 0 Å². The van der Waals surface area contributed by atoms with Crippen LogP contribution in [0.3, 0.4) is 0 Å². The van der Waals surface area contributed by atoms with E-state index in [9.17, 15) is 2.74 Å². The summed E-state index contributed by atoms with van der Waals surface area (Å²) in [7, 11) is 0. The zero-order valence-electron chi connectivity index (χ0n) is 29.5. The molecular weight excluding hydrogens is 655 g/mol. The Balaban J connectivity index is 1.26. The van der Waals surface area contributed by atoms with Gasteiger partial charge in [0, 0.05) is 52.6 Å². The van der Waals surface area contributed by atoms with E-state index in [1.807, 2.05) is 42.5 Å². The van der Waals surface area contributed by atoms with Crippen molar-refractivity contribution in [3.63, 3.8) is 0 Å². The summed E-state index contributed by atoms with van der Waals surface area (Å²) in [4.78, 5) is 2.13. The van der Waals surface area contributed by atoms with Crippen molar-refractivity contribution in [2.75, 3.05) is 4.90 Å². The third-order valence-electron chi connectivity index (χ3n) is 9.69. The molecule has 0 unspecified atom stereocenters. The highest BCUT2D eigenvalue weighted by molar-refractivity contribution is 7.27. The van der Waals surface area contributed by atoms with E-state index >= 15 is 0 Å². The molecule has 0 amide bonds. The molecule has 0 aliphatic carbocycles. The van der Waals surface area contributed by atoms with Gasteiger partial charge < -0.3 is 4.90 Å². The van der Waals surface area contributed by atoms with Crippen molar-refractivity contribution in [1.29, 1.82) is 0 Å². The lowest BCUT2D eigenvalue weighted by Gasteiger charge is -2.27. The number of para-hydroxylation sites is 1. The van der Waals surface area contributed by atoms with Crippen LogP contribution in [0.15, 0.2) is 188 Å². The first kappa shape index (κ1) is 27.8. The molecule has 3 heteroatoms. The van der Waals surface area contributed by atoms with E-state index in [1.54, 1.807) is 22.7 Å². The summed E-state index contributed by atoms with van der Waals surface area (Å²) in [5, 5.41) is 4.79. The highest BCUT2D eigenvalue weighted by Crippen LogP contribution is 2.49. The molecule has 0 aliphatic rings. The lowest BCUT2D eigenvalue weighted by atomic mass is 9.92. The van der Waals surface area contributed by atoms with Crippen molar-refractivity contribution in [1.82, 2.24) is 0 Å². The highest BCUT2D eigenvalue weighted by Gasteiger charge is 2.21. The zero-order valence-corrected chi connectivity index (χ0v) is 29.1. The minimum absolute atomic E-state index is 0.301. The smallest absolute Gasteiger partial charge is 0.0652 e. The summed E-state index contributed by atoms with van der Waals surface area (Å²) in [5.74, 6) is 0. The summed E-state index contributed by atoms with van der Waals surface area (Å²) < 4.78 is 24.7. The molecule has 8 aromatic carbocycles. The second-order valence-corrected chi connectivity index (χ2v) is 14.7. The molecule has 0 bridgehead atoms. The fourth-order valence-corrected chi connectivity index (χ4v) is 9.92. The van der Waals surface area contributed by atoms with E-state index < -0.39 is 0 Å². The van der Waals surface area contributed by atoms with Crippen molar-refractivity contribution < 1.29 is 2.74 Å². The molecule has 0 aliphatic heterocycles. The van der Waals surface area contributed by atoms with Gasteiger partial charge in [0.15, 0.2) is 0 Å². The van der Waals surface area contributed by atoms with Crippen LogP contribution in [-0.4, -0.2) is 0 Å². The maximum Gasteiger partial charge on any atom is 0.0652 e. The van der Waals surface area contributed by atoms with Gasteiger partial charge in [-0.15, -0.1) is 22.7 Å². The quantitative estimate of drug-likeness (QED) is 0.168. The number of hydrogen-bond donors (Lipinski definition) is 0. The van der Waals surface area contributed by atoms with Crippen molar-refractivity contribution >= 4 is 80.1 Å². The molecule has 51 heavy (non-hydrogen) atoms. The minimum atomic E-state index is 0.301. The van der Waals surface area contributed by atoms with Gasteiger partial charge in [0.25, 0.3) is 0 Å². The standard InChI is InChI=1S/C48H31NS2/c1-4-15-32(16-5-1)36-22-12-24-41-42-25-13-23-39(47(42)51-46(36)41)37-30-29-35(31-43(37)33-17-6-2-7-18-33)49(34-19-8-3-9-20-34)44-27-14-26-40-38-21-10-11-28-45(38)50-48(40)44/h1-31H/i29D,31D. The van der Waals surface area contributed by atoms with E-state index in [2.05, 4.69) is 138 Å². The van der Waals surface area contributed by atoms with Crippen molar-refractivity contribution in [2.24, 2.45) is 0 Å². The predicted octanol–water partition coefficient (Wildman–Crippen LogP) is 14.9. The predicted molar refractivity (Wildman–Crippen MR) is 223 cm³/mol. The fraction of sp³-hybridized carbons (Fsp3) is 0. The molecule has 2 heterocycles. The van der Waals surface area contributed by atoms with Crippen LogP contribution in [0.2, 0.25) is 0 Å². The molecule has 2 aromatic heterocycles. The van der Waals surface area contributed by atoms with Crippen LogP contribution < -0.4 is 4.90 Å². The first-order valence-electron chi connectivity index (χ1n) is 18.1. The summed E-state index contributed by atoms with van der Waals surface area (Å²) in [5.41, 5.74) is 8.52. The van der Waals surface area contributed by atoms with Gasteiger partial charge in [-0.25, -0.2) is 0 Å². The van der Waals surface area contributed by atoms with Crippen LogP contribution in [0.5, 0.6) is 0 Å². The molecule has 10 rings (SSSR count). The molecule has 0 saturated heterocycles. The molecule has 0 fully saturated rings. The molecule has 10 aromatic rings. The molecule has 1 nitrogen and oxygen atoms in total. The van der Waals surface area contributed by atoms with Crippen LogP contribution >= 0.6 is 22.7 Å². The van der Waals surface area contributed by atoms with Crippen LogP contribution in [0.25, 0.3) is 73.7 Å². The van der Waals surface area contributed by atoms with E-state index in [0.717, 1.165) is 43.0 Å². The third-order valence-corrected chi connectivity index (χ3v) is 12.2. The minimum Gasteiger partial charge on any atom is -0.309 e. The lowest BCUT2D eigenvalue weighted by Crippen LogP contribution is -2.10. The Morgan fingerprint density at radius 3 is 1.65 bits per heavy atom. The second kappa shape index (κ2) is 12.4. The van der Waals surface area contributed by atoms with Gasteiger partial charge in [0.1, 0.15) is 0 Å². The van der Waals surface area contributed by atoms with Crippen LogP contribution in [0.1, 0.15) is 2.74 Å². The summed E-state index contributed by atoms with van der Waals surface area (Å²) in [6, 6.07) is 61.6. The Kier molecular flexibility index (Phi) is 6.75. The number of thiophene rings is 2. The molecule has 0 spiro atoms. The van der Waals surface area contributed by atoms with E-state index in [-0.39, 0.29) is 0 Å². The maximum absolute atomic E-state index is 10.2. The first-order chi connectivity index (χ1) is 26.2. The summed E-state index contributed by atoms with van der Waals surface area (Å²) in [6.45, 7) is 0. The average Bonchev–Trinajstić information content (AvgIpc) is 3.79.